The van der Waals surface area contributed by atoms with Crippen molar-refractivity contribution in [3.8, 4) is 0 Å². The van der Waals surface area contributed by atoms with Gasteiger partial charge in [-0.2, -0.15) is 0 Å². The Kier molecular flexibility index (Phi) is 10.8. The Morgan fingerprint density at radius 3 is 2.00 bits per heavy atom. The van der Waals surface area contributed by atoms with Crippen LogP contribution in [-0.2, 0) is 4.74 Å². The first-order valence-corrected chi connectivity index (χ1v) is 5.32. The van der Waals surface area contributed by atoms with Gasteiger partial charge in [0, 0.05) is 21.2 Å². The van der Waals surface area contributed by atoms with Crippen molar-refractivity contribution in [1.82, 2.24) is 0 Å². The molecule has 1 aliphatic heterocycles. The van der Waals surface area contributed by atoms with E-state index in [0.29, 0.717) is 0 Å². The van der Waals surface area contributed by atoms with Gasteiger partial charge in [-0.25, -0.2) is 0 Å². The van der Waals surface area contributed by atoms with Crippen LogP contribution in [0.4, 0.5) is 0 Å². The molecule has 1 aliphatic rings. The molecule has 0 spiro atoms. The Morgan fingerprint density at radius 1 is 1.07 bits per heavy atom. The summed E-state index contributed by atoms with van der Waals surface area (Å²) in [4.78, 5) is 0. The highest BCUT2D eigenvalue weighted by atomic mass is 16.6. The number of hydrogen-bond acceptors (Lipinski definition) is 4. The van der Waals surface area contributed by atoms with Crippen LogP contribution in [-0.4, -0.2) is 41.4 Å². The van der Waals surface area contributed by atoms with Crippen molar-refractivity contribution < 1.29 is 21.5 Å². The van der Waals surface area contributed by atoms with Crippen LogP contribution in [0.1, 0.15) is 40.0 Å². The Morgan fingerprint density at radius 2 is 1.71 bits per heavy atom. The molecule has 88 valence electrons. The SMILES string of the molecule is OC1CCCCO1.OCCCCCO.[HH]. The van der Waals surface area contributed by atoms with Crippen LogP contribution >= 0.6 is 0 Å². The highest BCUT2D eigenvalue weighted by Gasteiger charge is 2.07. The molecule has 1 atom stereocenters. The summed E-state index contributed by atoms with van der Waals surface area (Å²) < 4.78 is 4.83. The van der Waals surface area contributed by atoms with Crippen LogP contribution in [0.2, 0.25) is 0 Å². The maximum Gasteiger partial charge on any atom is 0.154 e. The molecule has 3 N–H and O–H groups in total. The smallest absolute Gasteiger partial charge is 0.154 e. The molecule has 4 nitrogen and oxygen atoms in total. The maximum absolute atomic E-state index is 8.69. The molecule has 0 amide bonds. The fraction of sp³-hybridized carbons (Fsp3) is 1.00. The number of aliphatic hydroxyl groups excluding tert-OH is 3. The van der Waals surface area contributed by atoms with Gasteiger partial charge in [-0.05, 0) is 38.5 Å². The molecule has 0 aromatic heterocycles. The predicted octanol–water partition coefficient (Wildman–Crippen LogP) is 0.893. The van der Waals surface area contributed by atoms with Crippen LogP contribution in [0.3, 0.4) is 0 Å². The second kappa shape index (κ2) is 10.9. The molecular formula is C10H24O4. The number of ether oxygens (including phenoxy) is 1. The molecule has 1 unspecified atom stereocenters. The first-order valence-electron chi connectivity index (χ1n) is 5.32. The highest BCUT2D eigenvalue weighted by Crippen LogP contribution is 2.08. The van der Waals surface area contributed by atoms with Gasteiger partial charge < -0.3 is 20.1 Å². The summed E-state index contributed by atoms with van der Waals surface area (Å²) in [5, 5.41) is 25.1. The second-order valence-corrected chi connectivity index (χ2v) is 3.33. The topological polar surface area (TPSA) is 69.9 Å². The van der Waals surface area contributed by atoms with E-state index in [1.54, 1.807) is 0 Å². The van der Waals surface area contributed by atoms with Crippen molar-refractivity contribution >= 4 is 0 Å². The van der Waals surface area contributed by atoms with E-state index < -0.39 is 6.29 Å². The van der Waals surface area contributed by atoms with Crippen molar-refractivity contribution in [3.05, 3.63) is 0 Å². The molecule has 0 aromatic carbocycles. The summed E-state index contributed by atoms with van der Waals surface area (Å²) in [7, 11) is 0. The molecule has 1 heterocycles. The van der Waals surface area contributed by atoms with E-state index in [-0.39, 0.29) is 14.6 Å². The zero-order valence-electron chi connectivity index (χ0n) is 8.69. The minimum atomic E-state index is -0.464. The molecular weight excluding hydrogens is 184 g/mol. The van der Waals surface area contributed by atoms with Gasteiger partial charge in [-0.15, -0.1) is 0 Å². The average molecular weight is 208 g/mol. The first-order chi connectivity index (χ1) is 6.81. The summed E-state index contributed by atoms with van der Waals surface area (Å²) in [6.45, 7) is 1.24. The number of unbranched alkanes of at least 4 members (excludes halogenated alkanes) is 2. The Bertz CT molecular complexity index is 104. The number of hydrogen-bond donors (Lipinski definition) is 3. The summed E-state index contributed by atoms with van der Waals surface area (Å²) >= 11 is 0. The Hall–Kier alpha value is -0.160. The standard InChI is InChI=1S/C5H10O2.C5H12O2.H2/c6-5-3-1-2-4-7-5;6-4-2-1-3-5-7;/h5-6H,1-4H2;6-7H,1-5H2;1H. The van der Waals surface area contributed by atoms with Gasteiger partial charge in [0.2, 0.25) is 0 Å². The molecule has 0 bridgehead atoms. The lowest BCUT2D eigenvalue weighted by Crippen LogP contribution is -2.17. The Labute approximate surface area is 87.0 Å². The lowest BCUT2D eigenvalue weighted by atomic mass is 10.2. The van der Waals surface area contributed by atoms with Crippen molar-refractivity contribution in [2.45, 2.75) is 44.8 Å². The molecule has 1 saturated heterocycles. The van der Waals surface area contributed by atoms with Gasteiger partial charge in [0.25, 0.3) is 0 Å². The van der Waals surface area contributed by atoms with Crippen LogP contribution in [0.5, 0.6) is 0 Å². The Balaban J connectivity index is 0. The monoisotopic (exact) mass is 208 g/mol. The quantitative estimate of drug-likeness (QED) is 0.600. The van der Waals surface area contributed by atoms with E-state index in [1.165, 1.54) is 0 Å². The largest absolute Gasteiger partial charge is 0.396 e. The van der Waals surface area contributed by atoms with Crippen molar-refractivity contribution in [2.24, 2.45) is 0 Å². The van der Waals surface area contributed by atoms with E-state index in [9.17, 15) is 0 Å². The van der Waals surface area contributed by atoms with E-state index in [0.717, 1.165) is 45.1 Å². The van der Waals surface area contributed by atoms with E-state index in [4.69, 9.17) is 20.1 Å². The van der Waals surface area contributed by atoms with Crippen LogP contribution in [0, 0.1) is 0 Å². The van der Waals surface area contributed by atoms with Crippen LogP contribution < -0.4 is 0 Å². The predicted molar refractivity (Wildman–Crippen MR) is 55.9 cm³/mol. The minimum absolute atomic E-state index is 0. The van der Waals surface area contributed by atoms with Gasteiger partial charge in [0.05, 0.1) is 0 Å². The fourth-order valence-electron chi connectivity index (χ4n) is 1.12. The van der Waals surface area contributed by atoms with Crippen LogP contribution in [0.15, 0.2) is 0 Å². The lowest BCUT2D eigenvalue weighted by molar-refractivity contribution is -0.123. The summed E-state index contributed by atoms with van der Waals surface area (Å²) in [6.07, 6.45) is 5.15. The molecule has 1 rings (SSSR count). The average Bonchev–Trinajstić information content (AvgIpc) is 2.21. The van der Waals surface area contributed by atoms with Crippen molar-refractivity contribution in [2.75, 3.05) is 19.8 Å². The van der Waals surface area contributed by atoms with Gasteiger partial charge in [0.15, 0.2) is 6.29 Å². The summed E-state index contributed by atoms with van der Waals surface area (Å²) in [5.74, 6) is 0. The third-order valence-electron chi connectivity index (χ3n) is 1.97. The van der Waals surface area contributed by atoms with Crippen molar-refractivity contribution in [1.29, 1.82) is 0 Å². The van der Waals surface area contributed by atoms with Gasteiger partial charge in [-0.1, -0.05) is 0 Å². The first kappa shape index (κ1) is 13.8. The zero-order valence-corrected chi connectivity index (χ0v) is 8.69. The zero-order chi connectivity index (χ0) is 10.6. The number of rotatable bonds is 4. The fourth-order valence-corrected chi connectivity index (χ4v) is 1.12. The third-order valence-corrected chi connectivity index (χ3v) is 1.97. The van der Waals surface area contributed by atoms with E-state index in [1.807, 2.05) is 0 Å². The molecule has 0 saturated carbocycles. The normalized spacial score (nSPS) is 21.2. The van der Waals surface area contributed by atoms with Gasteiger partial charge in [-0.3, -0.25) is 0 Å². The van der Waals surface area contributed by atoms with Crippen LogP contribution in [0.25, 0.3) is 0 Å². The van der Waals surface area contributed by atoms with E-state index >= 15 is 0 Å². The number of aliphatic hydroxyl groups is 3. The highest BCUT2D eigenvalue weighted by molar-refractivity contribution is 4.50. The molecule has 1 fully saturated rings. The summed E-state index contributed by atoms with van der Waals surface area (Å²) in [5.41, 5.74) is 0. The minimum Gasteiger partial charge on any atom is -0.396 e. The van der Waals surface area contributed by atoms with E-state index in [2.05, 4.69) is 0 Å². The maximum atomic E-state index is 8.69. The third kappa shape index (κ3) is 9.92. The molecule has 0 aliphatic carbocycles. The molecule has 0 radical (unpaired) electrons. The molecule has 0 aromatic rings. The lowest BCUT2D eigenvalue weighted by Gasteiger charge is -2.16. The molecule has 14 heavy (non-hydrogen) atoms. The van der Waals surface area contributed by atoms with Gasteiger partial charge >= 0.3 is 0 Å². The van der Waals surface area contributed by atoms with Gasteiger partial charge in [0.1, 0.15) is 0 Å². The van der Waals surface area contributed by atoms with Crippen molar-refractivity contribution in [3.63, 3.8) is 0 Å². The summed E-state index contributed by atoms with van der Waals surface area (Å²) in [6, 6.07) is 0. The second-order valence-electron chi connectivity index (χ2n) is 3.33. The molecule has 4 heteroatoms.